The third kappa shape index (κ3) is 5.66. The van der Waals surface area contributed by atoms with Crippen LogP contribution in [0.2, 0.25) is 0 Å². The number of likely N-dealkylation sites (N-methyl/N-ethyl adjacent to an activating group) is 1. The van der Waals surface area contributed by atoms with Gasteiger partial charge in [0.25, 0.3) is 0 Å². The molecule has 2 unspecified atom stereocenters. The van der Waals surface area contributed by atoms with Crippen molar-refractivity contribution in [3.63, 3.8) is 0 Å². The number of hydrogen-bond donors (Lipinski definition) is 0. The second-order valence-corrected chi connectivity index (χ2v) is 9.67. The van der Waals surface area contributed by atoms with Crippen LogP contribution >= 0.6 is 0 Å². The zero-order valence-corrected chi connectivity index (χ0v) is 18.8. The van der Waals surface area contributed by atoms with Crippen LogP contribution in [0.5, 0.6) is 0 Å². The number of nitrogens with zero attached hydrogens (tertiary/aromatic N) is 5. The molecule has 28 heavy (non-hydrogen) atoms. The fourth-order valence-electron chi connectivity index (χ4n) is 4.66. The van der Waals surface area contributed by atoms with E-state index >= 15 is 0 Å². The highest BCUT2D eigenvalue weighted by Gasteiger charge is 2.41. The van der Waals surface area contributed by atoms with E-state index in [0.29, 0.717) is 18.1 Å². The maximum absolute atomic E-state index is 4.76. The van der Waals surface area contributed by atoms with Crippen molar-refractivity contribution in [2.75, 3.05) is 38.1 Å². The second-order valence-electron chi connectivity index (χ2n) is 9.67. The number of unbranched alkanes of at least 4 members (excludes halogenated alkanes) is 1. The summed E-state index contributed by atoms with van der Waals surface area (Å²) in [6.07, 6.45) is 11.7. The van der Waals surface area contributed by atoms with Crippen molar-refractivity contribution < 1.29 is 0 Å². The van der Waals surface area contributed by atoms with Crippen LogP contribution in [0.15, 0.2) is 12.4 Å². The van der Waals surface area contributed by atoms with Crippen molar-refractivity contribution >= 4 is 5.95 Å². The normalized spacial score (nSPS) is 22.8. The van der Waals surface area contributed by atoms with Gasteiger partial charge in [-0.15, -0.1) is 0 Å². The number of rotatable bonds is 10. The molecule has 2 saturated heterocycles. The minimum Gasteiger partial charge on any atom is -0.332 e. The van der Waals surface area contributed by atoms with Gasteiger partial charge in [0.2, 0.25) is 5.95 Å². The first-order valence-corrected chi connectivity index (χ1v) is 11.5. The summed E-state index contributed by atoms with van der Waals surface area (Å²) in [4.78, 5) is 17.1. The molecule has 0 aliphatic carbocycles. The van der Waals surface area contributed by atoms with Crippen LogP contribution in [0.4, 0.5) is 5.95 Å². The molecule has 0 radical (unpaired) electrons. The number of fused-ring (bicyclic) bond motifs is 2. The summed E-state index contributed by atoms with van der Waals surface area (Å²) in [7, 11) is 2.23. The topological polar surface area (TPSA) is 35.5 Å². The summed E-state index contributed by atoms with van der Waals surface area (Å²) in [6, 6.07) is 1.81. The Morgan fingerprint density at radius 3 is 2.21 bits per heavy atom. The molecule has 3 rings (SSSR count). The van der Waals surface area contributed by atoms with E-state index in [9.17, 15) is 0 Å². The van der Waals surface area contributed by atoms with Crippen LogP contribution in [0.25, 0.3) is 0 Å². The Morgan fingerprint density at radius 2 is 1.64 bits per heavy atom. The van der Waals surface area contributed by atoms with E-state index in [1.54, 1.807) is 0 Å². The Bertz CT molecular complexity index is 571. The Hall–Kier alpha value is -1.20. The molecular formula is C23H41N5. The summed E-state index contributed by atoms with van der Waals surface area (Å²) < 4.78 is 0. The Morgan fingerprint density at radius 1 is 1.00 bits per heavy atom. The molecule has 0 saturated carbocycles. The molecule has 5 heteroatoms. The van der Waals surface area contributed by atoms with E-state index < -0.39 is 0 Å². The SMILES string of the molecule is CC(C)CCCCN(C)CCc1cnc(N2C3CCC2CN(C(C)C)C3)nc1. The number of likely N-dealkylation sites (tertiary alicyclic amines) is 1. The molecule has 2 aliphatic heterocycles. The molecular weight excluding hydrogens is 346 g/mol. The Kier molecular flexibility index (Phi) is 7.69. The van der Waals surface area contributed by atoms with Gasteiger partial charge >= 0.3 is 0 Å². The van der Waals surface area contributed by atoms with Crippen LogP contribution in [0, 0.1) is 5.92 Å². The lowest BCUT2D eigenvalue weighted by atomic mass is 10.1. The van der Waals surface area contributed by atoms with Crippen LogP contribution in [-0.4, -0.2) is 71.1 Å². The first-order valence-electron chi connectivity index (χ1n) is 11.5. The molecule has 1 aromatic rings. The standard InChI is InChI=1S/C23H41N5/c1-18(2)8-6-7-12-26(5)13-11-20-14-24-23(25-15-20)28-21-9-10-22(28)17-27(16-21)19(3)4/h14-15,18-19,21-22H,6-13,16-17H2,1-5H3. The van der Waals surface area contributed by atoms with Crippen molar-refractivity contribution in [3.05, 3.63) is 18.0 Å². The van der Waals surface area contributed by atoms with Crippen LogP contribution in [-0.2, 0) is 6.42 Å². The average molecular weight is 388 g/mol. The predicted molar refractivity (Wildman–Crippen MR) is 118 cm³/mol. The molecule has 0 amide bonds. The minimum atomic E-state index is 0.587. The van der Waals surface area contributed by atoms with Gasteiger partial charge in [0, 0.05) is 50.2 Å². The maximum Gasteiger partial charge on any atom is 0.225 e. The largest absolute Gasteiger partial charge is 0.332 e. The van der Waals surface area contributed by atoms with Gasteiger partial charge in [-0.2, -0.15) is 0 Å². The molecule has 0 spiro atoms. The van der Waals surface area contributed by atoms with Gasteiger partial charge in [-0.1, -0.05) is 26.7 Å². The number of hydrogen-bond acceptors (Lipinski definition) is 5. The Balaban J connectivity index is 1.45. The minimum absolute atomic E-state index is 0.587. The van der Waals surface area contributed by atoms with Crippen LogP contribution in [0.1, 0.15) is 65.4 Å². The van der Waals surface area contributed by atoms with E-state index in [4.69, 9.17) is 9.97 Å². The molecule has 2 aliphatic rings. The fraction of sp³-hybridized carbons (Fsp3) is 0.826. The quantitative estimate of drug-likeness (QED) is 0.570. The van der Waals surface area contributed by atoms with E-state index in [-0.39, 0.29) is 0 Å². The second kappa shape index (κ2) is 10.0. The highest BCUT2D eigenvalue weighted by Crippen LogP contribution is 2.33. The van der Waals surface area contributed by atoms with E-state index in [1.165, 1.54) is 44.2 Å². The predicted octanol–water partition coefficient (Wildman–Crippen LogP) is 3.84. The van der Waals surface area contributed by atoms with Gasteiger partial charge in [-0.3, -0.25) is 4.90 Å². The molecule has 0 N–H and O–H groups in total. The van der Waals surface area contributed by atoms with Gasteiger partial charge in [-0.05, 0) is 64.6 Å². The zero-order valence-electron chi connectivity index (χ0n) is 18.8. The molecule has 5 nitrogen and oxygen atoms in total. The summed E-state index contributed by atoms with van der Waals surface area (Å²) in [6.45, 7) is 13.8. The van der Waals surface area contributed by atoms with Crippen molar-refractivity contribution in [1.82, 2.24) is 19.8 Å². The van der Waals surface area contributed by atoms with Crippen molar-refractivity contribution in [2.45, 2.75) is 84.3 Å². The Labute approximate surface area is 172 Å². The van der Waals surface area contributed by atoms with Gasteiger partial charge in [0.1, 0.15) is 0 Å². The number of piperazine rings is 1. The molecule has 2 bridgehead atoms. The molecule has 1 aromatic heterocycles. The van der Waals surface area contributed by atoms with Gasteiger partial charge in [-0.25, -0.2) is 9.97 Å². The molecule has 0 aromatic carbocycles. The van der Waals surface area contributed by atoms with E-state index in [0.717, 1.165) is 37.9 Å². The summed E-state index contributed by atoms with van der Waals surface area (Å²) >= 11 is 0. The fourth-order valence-corrected chi connectivity index (χ4v) is 4.66. The molecule has 3 heterocycles. The highest BCUT2D eigenvalue weighted by molar-refractivity contribution is 5.37. The zero-order chi connectivity index (χ0) is 20.1. The van der Waals surface area contributed by atoms with Crippen LogP contribution in [0.3, 0.4) is 0 Å². The van der Waals surface area contributed by atoms with Crippen molar-refractivity contribution in [2.24, 2.45) is 5.92 Å². The van der Waals surface area contributed by atoms with Gasteiger partial charge < -0.3 is 9.80 Å². The molecule has 2 atom stereocenters. The van der Waals surface area contributed by atoms with E-state index in [2.05, 4.69) is 61.8 Å². The molecule has 2 fully saturated rings. The third-order valence-electron chi connectivity index (χ3n) is 6.52. The van der Waals surface area contributed by atoms with Crippen molar-refractivity contribution in [3.8, 4) is 0 Å². The average Bonchev–Trinajstić information content (AvgIpc) is 2.92. The summed E-state index contributed by atoms with van der Waals surface area (Å²) in [5.74, 6) is 1.77. The van der Waals surface area contributed by atoms with Gasteiger partial charge in [0.15, 0.2) is 0 Å². The summed E-state index contributed by atoms with van der Waals surface area (Å²) in [5, 5.41) is 0. The van der Waals surface area contributed by atoms with E-state index in [1.807, 2.05) is 0 Å². The highest BCUT2D eigenvalue weighted by atomic mass is 15.4. The monoisotopic (exact) mass is 387 g/mol. The third-order valence-corrected chi connectivity index (χ3v) is 6.52. The number of aromatic nitrogens is 2. The van der Waals surface area contributed by atoms with Crippen LogP contribution < -0.4 is 4.90 Å². The smallest absolute Gasteiger partial charge is 0.225 e. The lowest BCUT2D eigenvalue weighted by molar-refractivity contribution is 0.176. The van der Waals surface area contributed by atoms with Gasteiger partial charge in [0.05, 0.1) is 0 Å². The maximum atomic E-state index is 4.76. The lowest BCUT2D eigenvalue weighted by Gasteiger charge is -2.42. The van der Waals surface area contributed by atoms with Crippen molar-refractivity contribution in [1.29, 1.82) is 0 Å². The number of anilines is 1. The lowest BCUT2D eigenvalue weighted by Crippen LogP contribution is -2.56. The first kappa shape index (κ1) is 21.5. The first-order chi connectivity index (χ1) is 13.4. The summed E-state index contributed by atoms with van der Waals surface area (Å²) in [5.41, 5.74) is 1.26. The molecule has 158 valence electrons.